The Morgan fingerprint density at radius 3 is 2.36 bits per heavy atom. The fourth-order valence-electron chi connectivity index (χ4n) is 1.87. The topological polar surface area (TPSA) is 58.2 Å². The Morgan fingerprint density at radius 2 is 1.77 bits per heavy atom. The molecule has 2 aromatic carbocycles. The first-order valence-corrected chi connectivity index (χ1v) is 7.35. The van der Waals surface area contributed by atoms with Gasteiger partial charge in [0, 0.05) is 23.6 Å². The van der Waals surface area contributed by atoms with Gasteiger partial charge in [-0.15, -0.1) is 0 Å². The molecular formula is C16H14BrFN2O2. The van der Waals surface area contributed by atoms with Gasteiger partial charge in [-0.1, -0.05) is 12.1 Å². The first-order chi connectivity index (χ1) is 10.5. The lowest BCUT2D eigenvalue weighted by Crippen LogP contribution is -2.23. The molecule has 0 saturated carbocycles. The van der Waals surface area contributed by atoms with Gasteiger partial charge in [0.15, 0.2) is 0 Å². The Hall–Kier alpha value is -2.21. The van der Waals surface area contributed by atoms with Gasteiger partial charge >= 0.3 is 0 Å². The summed E-state index contributed by atoms with van der Waals surface area (Å²) in [5, 5.41) is 5.28. The Morgan fingerprint density at radius 1 is 1.09 bits per heavy atom. The molecule has 22 heavy (non-hydrogen) atoms. The molecule has 0 saturated heterocycles. The highest BCUT2D eigenvalue weighted by atomic mass is 79.9. The van der Waals surface area contributed by atoms with Gasteiger partial charge in [-0.2, -0.15) is 0 Å². The van der Waals surface area contributed by atoms with Gasteiger partial charge in [-0.05, 0) is 51.8 Å². The van der Waals surface area contributed by atoms with Crippen LogP contribution in [0, 0.1) is 5.82 Å². The summed E-state index contributed by atoms with van der Waals surface area (Å²) in [6.45, 7) is 0.316. The SMILES string of the molecule is CNC(=O)c1ccc(CNC(=O)c2ccc(F)cc2Br)cc1. The molecule has 0 aromatic heterocycles. The van der Waals surface area contributed by atoms with Crippen LogP contribution in [0.4, 0.5) is 4.39 Å². The van der Waals surface area contributed by atoms with E-state index in [2.05, 4.69) is 26.6 Å². The normalized spacial score (nSPS) is 10.1. The number of benzene rings is 2. The molecule has 6 heteroatoms. The fourth-order valence-corrected chi connectivity index (χ4v) is 2.40. The second kappa shape index (κ2) is 7.17. The molecule has 0 aliphatic rings. The predicted molar refractivity (Wildman–Crippen MR) is 85.1 cm³/mol. The minimum atomic E-state index is -0.409. The smallest absolute Gasteiger partial charge is 0.252 e. The summed E-state index contributed by atoms with van der Waals surface area (Å²) in [4.78, 5) is 23.5. The van der Waals surface area contributed by atoms with Crippen LogP contribution >= 0.6 is 15.9 Å². The maximum atomic E-state index is 13.0. The molecule has 2 rings (SSSR count). The molecule has 114 valence electrons. The molecule has 4 nitrogen and oxygen atoms in total. The van der Waals surface area contributed by atoms with Crippen LogP contribution in [0.25, 0.3) is 0 Å². The van der Waals surface area contributed by atoms with Crippen LogP contribution in [0.2, 0.25) is 0 Å². The zero-order valence-corrected chi connectivity index (χ0v) is 13.4. The Kier molecular flexibility index (Phi) is 5.27. The minimum Gasteiger partial charge on any atom is -0.355 e. The summed E-state index contributed by atoms with van der Waals surface area (Å²) in [6.07, 6.45) is 0. The third-order valence-corrected chi connectivity index (χ3v) is 3.73. The van der Waals surface area contributed by atoms with E-state index in [-0.39, 0.29) is 11.8 Å². The van der Waals surface area contributed by atoms with Crippen molar-refractivity contribution in [1.82, 2.24) is 10.6 Å². The summed E-state index contributed by atoms with van der Waals surface area (Å²) in [5.41, 5.74) is 1.78. The molecule has 2 aromatic rings. The van der Waals surface area contributed by atoms with Crippen molar-refractivity contribution in [2.24, 2.45) is 0 Å². The Labute approximate surface area is 135 Å². The van der Waals surface area contributed by atoms with E-state index in [9.17, 15) is 14.0 Å². The van der Waals surface area contributed by atoms with Crippen molar-refractivity contribution in [3.63, 3.8) is 0 Å². The summed E-state index contributed by atoms with van der Waals surface area (Å²) < 4.78 is 13.4. The van der Waals surface area contributed by atoms with E-state index in [4.69, 9.17) is 0 Å². The highest BCUT2D eigenvalue weighted by Gasteiger charge is 2.10. The molecule has 2 N–H and O–H groups in total. The Bertz CT molecular complexity index is 702. The summed E-state index contributed by atoms with van der Waals surface area (Å²) in [7, 11) is 1.57. The van der Waals surface area contributed by atoms with Crippen molar-refractivity contribution in [2.45, 2.75) is 6.54 Å². The lowest BCUT2D eigenvalue weighted by Gasteiger charge is -2.08. The molecule has 0 aliphatic carbocycles. The number of hydrogen-bond acceptors (Lipinski definition) is 2. The largest absolute Gasteiger partial charge is 0.355 e. The van der Waals surface area contributed by atoms with Gasteiger partial charge in [0.1, 0.15) is 5.82 Å². The monoisotopic (exact) mass is 364 g/mol. The van der Waals surface area contributed by atoms with Crippen LogP contribution in [0.1, 0.15) is 26.3 Å². The van der Waals surface area contributed by atoms with Crippen LogP contribution < -0.4 is 10.6 Å². The fraction of sp³-hybridized carbons (Fsp3) is 0.125. The van der Waals surface area contributed by atoms with Crippen molar-refractivity contribution >= 4 is 27.7 Å². The Balaban J connectivity index is 2.00. The van der Waals surface area contributed by atoms with Gasteiger partial charge < -0.3 is 10.6 Å². The van der Waals surface area contributed by atoms with Gasteiger partial charge in [-0.3, -0.25) is 9.59 Å². The van der Waals surface area contributed by atoms with Crippen molar-refractivity contribution in [3.05, 3.63) is 69.4 Å². The predicted octanol–water partition coefficient (Wildman–Crippen LogP) is 2.88. The molecule has 0 atom stereocenters. The van der Waals surface area contributed by atoms with E-state index in [0.29, 0.717) is 22.1 Å². The number of rotatable bonds is 4. The molecule has 0 spiro atoms. The van der Waals surface area contributed by atoms with Crippen LogP contribution in [0.3, 0.4) is 0 Å². The highest BCUT2D eigenvalue weighted by molar-refractivity contribution is 9.10. The van der Waals surface area contributed by atoms with Crippen molar-refractivity contribution in [1.29, 1.82) is 0 Å². The first kappa shape index (κ1) is 16.2. The molecular weight excluding hydrogens is 351 g/mol. The van der Waals surface area contributed by atoms with E-state index in [0.717, 1.165) is 5.56 Å². The van der Waals surface area contributed by atoms with Crippen molar-refractivity contribution < 1.29 is 14.0 Å². The molecule has 0 bridgehead atoms. The second-order valence-electron chi connectivity index (χ2n) is 4.58. The number of carbonyl (C=O) groups excluding carboxylic acids is 2. The van der Waals surface area contributed by atoms with Crippen molar-refractivity contribution in [3.8, 4) is 0 Å². The maximum absolute atomic E-state index is 13.0. The second-order valence-corrected chi connectivity index (χ2v) is 5.44. The van der Waals surface area contributed by atoms with Gasteiger partial charge in [0.05, 0.1) is 5.56 Å². The first-order valence-electron chi connectivity index (χ1n) is 6.55. The third-order valence-electron chi connectivity index (χ3n) is 3.07. The van der Waals surface area contributed by atoms with Gasteiger partial charge in [0.2, 0.25) is 0 Å². The number of halogens is 2. The van der Waals surface area contributed by atoms with Gasteiger partial charge in [0.25, 0.3) is 11.8 Å². The van der Waals surface area contributed by atoms with Crippen LogP contribution in [0.5, 0.6) is 0 Å². The molecule has 0 fully saturated rings. The molecule has 0 aliphatic heterocycles. The number of carbonyl (C=O) groups is 2. The van der Waals surface area contributed by atoms with E-state index in [1.807, 2.05) is 0 Å². The van der Waals surface area contributed by atoms with Crippen LogP contribution in [-0.4, -0.2) is 18.9 Å². The summed E-state index contributed by atoms with van der Waals surface area (Å²) in [6, 6.07) is 10.8. The average Bonchev–Trinajstić information content (AvgIpc) is 2.52. The van der Waals surface area contributed by atoms with E-state index in [1.54, 1.807) is 31.3 Å². The molecule has 0 unspecified atom stereocenters. The molecule has 2 amide bonds. The van der Waals surface area contributed by atoms with E-state index < -0.39 is 5.82 Å². The number of amides is 2. The molecule has 0 heterocycles. The maximum Gasteiger partial charge on any atom is 0.252 e. The lowest BCUT2D eigenvalue weighted by molar-refractivity contribution is 0.0945. The zero-order chi connectivity index (χ0) is 16.1. The van der Waals surface area contributed by atoms with E-state index in [1.165, 1.54) is 18.2 Å². The van der Waals surface area contributed by atoms with E-state index >= 15 is 0 Å². The standard InChI is InChI=1S/C16H14BrFN2O2/c1-19-15(21)11-4-2-10(3-5-11)9-20-16(22)13-7-6-12(18)8-14(13)17/h2-8H,9H2,1H3,(H,19,21)(H,20,22). The van der Waals surface area contributed by atoms with Crippen molar-refractivity contribution in [2.75, 3.05) is 7.05 Å². The van der Waals surface area contributed by atoms with Crippen LogP contribution in [0.15, 0.2) is 46.9 Å². The van der Waals surface area contributed by atoms with Crippen LogP contribution in [-0.2, 0) is 6.54 Å². The summed E-state index contributed by atoms with van der Waals surface area (Å²) in [5.74, 6) is -0.874. The number of nitrogens with one attached hydrogen (secondary N) is 2. The third kappa shape index (κ3) is 3.92. The minimum absolute atomic E-state index is 0.161. The average molecular weight is 365 g/mol. The quantitative estimate of drug-likeness (QED) is 0.876. The van der Waals surface area contributed by atoms with Gasteiger partial charge in [-0.25, -0.2) is 4.39 Å². The lowest BCUT2D eigenvalue weighted by atomic mass is 10.1. The molecule has 0 radical (unpaired) electrons. The summed E-state index contributed by atoms with van der Waals surface area (Å²) >= 11 is 3.16. The number of hydrogen-bond donors (Lipinski definition) is 2. The highest BCUT2D eigenvalue weighted by Crippen LogP contribution is 2.18. The zero-order valence-electron chi connectivity index (χ0n) is 11.8.